The van der Waals surface area contributed by atoms with E-state index in [1.54, 1.807) is 12.2 Å². The summed E-state index contributed by atoms with van der Waals surface area (Å²) in [6.07, 6.45) is 5.14. The highest BCUT2D eigenvalue weighted by Crippen LogP contribution is 2.04. The minimum absolute atomic E-state index is 0.0255. The van der Waals surface area contributed by atoms with Crippen molar-refractivity contribution in [2.75, 3.05) is 13.7 Å². The van der Waals surface area contributed by atoms with Gasteiger partial charge in [0.05, 0.1) is 13.7 Å². The van der Waals surface area contributed by atoms with Crippen LogP contribution in [0.25, 0.3) is 16.5 Å². The fourth-order valence-corrected chi connectivity index (χ4v) is 1.26. The largest absolute Gasteiger partial charge is 0.466 e. The van der Waals surface area contributed by atoms with E-state index in [9.17, 15) is 4.79 Å². The third-order valence-corrected chi connectivity index (χ3v) is 2.14. The molecule has 0 spiro atoms. The number of carbonyl (C=O) groups is 1. The van der Waals surface area contributed by atoms with Gasteiger partial charge in [-0.15, -0.1) is 0 Å². The maximum Gasteiger partial charge on any atom is 0.333 e. The van der Waals surface area contributed by atoms with Gasteiger partial charge < -0.3 is 4.74 Å². The van der Waals surface area contributed by atoms with Gasteiger partial charge in [-0.25, -0.2) is 4.79 Å². The number of azide groups is 1. The number of hydrogen-bond acceptors (Lipinski definition) is 3. The average Bonchev–Trinajstić information content (AvgIpc) is 2.43. The van der Waals surface area contributed by atoms with Crippen LogP contribution in [0.4, 0.5) is 0 Å². The first-order valence-corrected chi connectivity index (χ1v) is 5.29. The Morgan fingerprint density at radius 2 is 2.17 bits per heavy atom. The molecule has 0 aliphatic carbocycles. The second-order valence-corrected chi connectivity index (χ2v) is 3.34. The average molecular weight is 243 g/mol. The molecular weight excluding hydrogens is 230 g/mol. The summed E-state index contributed by atoms with van der Waals surface area (Å²) in [7, 11) is 1.28. The quantitative estimate of drug-likeness (QED) is 0.199. The molecule has 0 amide bonds. The third kappa shape index (κ3) is 4.55. The van der Waals surface area contributed by atoms with Crippen molar-refractivity contribution in [3.8, 4) is 0 Å². The molecule has 0 saturated heterocycles. The molecule has 18 heavy (non-hydrogen) atoms. The Hall–Kier alpha value is -2.52. The first kappa shape index (κ1) is 13.5. The van der Waals surface area contributed by atoms with E-state index < -0.39 is 5.97 Å². The highest BCUT2D eigenvalue weighted by molar-refractivity contribution is 5.89. The van der Waals surface area contributed by atoms with Crippen LogP contribution in [0, 0.1) is 0 Å². The molecule has 0 bridgehead atoms. The summed E-state index contributed by atoms with van der Waals surface area (Å²) in [5.74, 6) is -0.500. The topological polar surface area (TPSA) is 75.1 Å². The van der Waals surface area contributed by atoms with Crippen molar-refractivity contribution >= 4 is 12.0 Å². The van der Waals surface area contributed by atoms with E-state index in [1.165, 1.54) is 7.11 Å². The molecule has 0 saturated carbocycles. The zero-order valence-electron chi connectivity index (χ0n) is 9.98. The lowest BCUT2D eigenvalue weighted by molar-refractivity contribution is -0.136. The lowest BCUT2D eigenvalue weighted by atomic mass is 10.2. The van der Waals surface area contributed by atoms with Gasteiger partial charge in [-0.3, -0.25) is 0 Å². The summed E-state index contributed by atoms with van der Waals surface area (Å²) in [4.78, 5) is 14.0. The first-order chi connectivity index (χ1) is 8.77. The second-order valence-electron chi connectivity index (χ2n) is 3.34. The van der Waals surface area contributed by atoms with Crippen molar-refractivity contribution in [2.24, 2.45) is 5.11 Å². The number of hydrogen-bond donors (Lipinski definition) is 0. The van der Waals surface area contributed by atoms with Crippen LogP contribution in [0.5, 0.6) is 0 Å². The minimum atomic E-state index is -0.500. The van der Waals surface area contributed by atoms with Crippen molar-refractivity contribution < 1.29 is 9.53 Å². The van der Waals surface area contributed by atoms with Gasteiger partial charge in [-0.1, -0.05) is 53.7 Å². The van der Waals surface area contributed by atoms with E-state index in [-0.39, 0.29) is 6.54 Å². The van der Waals surface area contributed by atoms with Crippen LogP contribution in [0.1, 0.15) is 5.56 Å². The van der Waals surface area contributed by atoms with Crippen LogP contribution in [0.15, 0.2) is 53.2 Å². The molecule has 5 nitrogen and oxygen atoms in total. The van der Waals surface area contributed by atoms with Crippen molar-refractivity contribution in [3.05, 3.63) is 64.1 Å². The standard InChI is InChI=1S/C13H13N3O2/c1-18-13(17)12(10-15-16-14)9-5-8-11-6-3-2-4-7-11/h2-9H,10H2,1H3/b8-5+,12-9+. The van der Waals surface area contributed by atoms with Gasteiger partial charge in [0.15, 0.2) is 0 Å². The van der Waals surface area contributed by atoms with Gasteiger partial charge in [0.2, 0.25) is 0 Å². The summed E-state index contributed by atoms with van der Waals surface area (Å²) in [6, 6.07) is 9.65. The maximum absolute atomic E-state index is 11.4. The Morgan fingerprint density at radius 1 is 1.44 bits per heavy atom. The van der Waals surface area contributed by atoms with Gasteiger partial charge in [-0.05, 0) is 11.1 Å². The Labute approximate surface area is 105 Å². The number of ether oxygens (including phenoxy) is 1. The summed E-state index contributed by atoms with van der Waals surface area (Å²) in [5, 5.41) is 3.34. The Morgan fingerprint density at radius 3 is 2.78 bits per heavy atom. The van der Waals surface area contributed by atoms with Crippen LogP contribution >= 0.6 is 0 Å². The van der Waals surface area contributed by atoms with Crippen LogP contribution in [-0.4, -0.2) is 19.6 Å². The second kappa shape index (κ2) is 7.70. The molecule has 0 atom stereocenters. The molecule has 0 aromatic heterocycles. The number of nitrogens with zero attached hydrogens (tertiary/aromatic N) is 3. The lowest BCUT2D eigenvalue weighted by Crippen LogP contribution is -2.06. The maximum atomic E-state index is 11.4. The van der Waals surface area contributed by atoms with E-state index >= 15 is 0 Å². The predicted octanol–water partition coefficient (Wildman–Crippen LogP) is 3.11. The molecule has 0 aliphatic heterocycles. The predicted molar refractivity (Wildman–Crippen MR) is 69.6 cm³/mol. The fraction of sp³-hybridized carbons (Fsp3) is 0.154. The van der Waals surface area contributed by atoms with Gasteiger partial charge >= 0.3 is 5.97 Å². The SMILES string of the molecule is COC(=O)/C(=C/C=C/c1ccccc1)CN=[N+]=[N-]. The van der Waals surface area contributed by atoms with E-state index in [2.05, 4.69) is 14.8 Å². The van der Waals surface area contributed by atoms with Crippen LogP contribution in [0.2, 0.25) is 0 Å². The van der Waals surface area contributed by atoms with Crippen LogP contribution < -0.4 is 0 Å². The molecule has 0 N–H and O–H groups in total. The molecule has 1 rings (SSSR count). The molecule has 0 heterocycles. The van der Waals surface area contributed by atoms with E-state index in [1.807, 2.05) is 36.4 Å². The van der Waals surface area contributed by atoms with E-state index in [4.69, 9.17) is 5.53 Å². The number of rotatable bonds is 5. The Kier molecular flexibility index (Phi) is 5.80. The highest BCUT2D eigenvalue weighted by atomic mass is 16.5. The van der Waals surface area contributed by atoms with Gasteiger partial charge in [-0.2, -0.15) is 0 Å². The van der Waals surface area contributed by atoms with Crippen molar-refractivity contribution in [1.29, 1.82) is 0 Å². The number of methoxy groups -OCH3 is 1. The summed E-state index contributed by atoms with van der Waals surface area (Å²) >= 11 is 0. The van der Waals surface area contributed by atoms with Crippen molar-refractivity contribution in [3.63, 3.8) is 0 Å². The highest BCUT2D eigenvalue weighted by Gasteiger charge is 2.06. The molecule has 1 aromatic carbocycles. The number of allylic oxidation sites excluding steroid dienone is 2. The van der Waals surface area contributed by atoms with Gasteiger partial charge in [0, 0.05) is 10.5 Å². The summed E-state index contributed by atoms with van der Waals surface area (Å²) in [5.41, 5.74) is 9.56. The minimum Gasteiger partial charge on any atom is -0.466 e. The molecule has 0 aliphatic rings. The van der Waals surface area contributed by atoms with Crippen molar-refractivity contribution in [1.82, 2.24) is 0 Å². The van der Waals surface area contributed by atoms with E-state index in [0.717, 1.165) is 5.56 Å². The molecule has 92 valence electrons. The Balaban J connectivity index is 2.79. The number of carbonyl (C=O) groups excluding carboxylic acids is 1. The molecule has 5 heteroatoms. The number of esters is 1. The van der Waals surface area contributed by atoms with Gasteiger partial charge in [0.25, 0.3) is 0 Å². The molecule has 1 aromatic rings. The van der Waals surface area contributed by atoms with Crippen molar-refractivity contribution in [2.45, 2.75) is 0 Å². The lowest BCUT2D eigenvalue weighted by Gasteiger charge is -1.99. The molecular formula is C13H13N3O2. The van der Waals surface area contributed by atoms with E-state index in [0.29, 0.717) is 5.57 Å². The molecule has 0 fully saturated rings. The molecule has 0 unspecified atom stereocenters. The number of benzene rings is 1. The fourth-order valence-electron chi connectivity index (χ4n) is 1.26. The normalized spacial score (nSPS) is 11.1. The monoisotopic (exact) mass is 243 g/mol. The zero-order chi connectivity index (χ0) is 13.2. The smallest absolute Gasteiger partial charge is 0.333 e. The first-order valence-electron chi connectivity index (χ1n) is 5.29. The third-order valence-electron chi connectivity index (χ3n) is 2.14. The van der Waals surface area contributed by atoms with Gasteiger partial charge in [0.1, 0.15) is 0 Å². The Bertz CT molecular complexity index is 500. The molecule has 0 radical (unpaired) electrons. The zero-order valence-corrected chi connectivity index (χ0v) is 9.98. The summed E-state index contributed by atoms with van der Waals surface area (Å²) in [6.45, 7) is -0.0255. The summed E-state index contributed by atoms with van der Waals surface area (Å²) < 4.78 is 4.59. The van der Waals surface area contributed by atoms with Crippen LogP contribution in [0.3, 0.4) is 0 Å². The van der Waals surface area contributed by atoms with Crippen LogP contribution in [-0.2, 0) is 9.53 Å².